The number of amides is 1. The summed E-state index contributed by atoms with van der Waals surface area (Å²) in [5.74, 6) is 1.02. The van der Waals surface area contributed by atoms with Crippen LogP contribution in [0.3, 0.4) is 0 Å². The van der Waals surface area contributed by atoms with E-state index in [0.717, 1.165) is 77.2 Å². The van der Waals surface area contributed by atoms with Crippen LogP contribution in [0.5, 0.6) is 0 Å². The minimum absolute atomic E-state index is 0.00862. The average Bonchev–Trinajstić information content (AvgIpc) is 3.50. The zero-order valence-electron chi connectivity index (χ0n) is 28.2. The molecular formula is C42H43ClN6O. The first-order valence-corrected chi connectivity index (χ1v) is 17.5. The van der Waals surface area contributed by atoms with Crippen molar-refractivity contribution in [1.29, 1.82) is 5.41 Å². The van der Waals surface area contributed by atoms with Crippen LogP contribution in [0.1, 0.15) is 56.0 Å². The van der Waals surface area contributed by atoms with Gasteiger partial charge in [-0.3, -0.25) is 10.2 Å². The smallest absolute Gasteiger partial charge is 0.254 e. The van der Waals surface area contributed by atoms with E-state index in [4.69, 9.17) is 33.5 Å². The summed E-state index contributed by atoms with van der Waals surface area (Å²) in [5, 5.41) is 8.42. The molecule has 1 aromatic heterocycles. The fourth-order valence-corrected chi connectivity index (χ4v) is 6.43. The lowest BCUT2D eigenvalue weighted by Crippen LogP contribution is -2.31. The van der Waals surface area contributed by atoms with Gasteiger partial charge in [-0.2, -0.15) is 0 Å². The van der Waals surface area contributed by atoms with E-state index in [1.165, 1.54) is 11.1 Å². The lowest BCUT2D eigenvalue weighted by molar-refractivity contribution is 0.0741. The Morgan fingerprint density at radius 1 is 0.720 bits per heavy atom. The summed E-state index contributed by atoms with van der Waals surface area (Å²) in [5.41, 5.74) is 20.4. The lowest BCUT2D eigenvalue weighted by Gasteiger charge is -2.23. The molecule has 0 aliphatic heterocycles. The van der Waals surface area contributed by atoms with E-state index in [-0.39, 0.29) is 11.7 Å². The van der Waals surface area contributed by atoms with E-state index >= 15 is 0 Å². The highest BCUT2D eigenvalue weighted by atomic mass is 35.5. The van der Waals surface area contributed by atoms with Gasteiger partial charge < -0.3 is 20.9 Å². The Balaban J connectivity index is 1.26. The minimum atomic E-state index is -0.00862. The van der Waals surface area contributed by atoms with Gasteiger partial charge in [-0.25, -0.2) is 4.98 Å². The molecule has 6 aromatic rings. The van der Waals surface area contributed by atoms with Gasteiger partial charge in [-0.15, -0.1) is 0 Å². The van der Waals surface area contributed by atoms with Crippen LogP contribution in [-0.4, -0.2) is 32.7 Å². The summed E-state index contributed by atoms with van der Waals surface area (Å²) in [4.78, 5) is 21.3. The van der Waals surface area contributed by atoms with Crippen molar-refractivity contribution in [3.05, 3.63) is 171 Å². The summed E-state index contributed by atoms with van der Waals surface area (Å²) in [6.07, 6.45) is 4.08. The van der Waals surface area contributed by atoms with Crippen LogP contribution in [0, 0.1) is 5.41 Å². The first-order valence-electron chi connectivity index (χ1n) is 17.1. The molecule has 0 radical (unpaired) electrons. The number of nitrogens with one attached hydrogen (secondary N) is 1. The van der Waals surface area contributed by atoms with Crippen molar-refractivity contribution in [2.75, 3.05) is 6.54 Å². The highest BCUT2D eigenvalue weighted by Gasteiger charge is 2.19. The third kappa shape index (κ3) is 8.86. The Kier molecular flexibility index (Phi) is 11.4. The molecule has 0 fully saturated rings. The van der Waals surface area contributed by atoms with Crippen molar-refractivity contribution in [2.45, 2.75) is 51.7 Å². The van der Waals surface area contributed by atoms with Crippen molar-refractivity contribution >= 4 is 34.4 Å². The highest BCUT2D eigenvalue weighted by molar-refractivity contribution is 6.30. The first-order chi connectivity index (χ1) is 24.4. The fourth-order valence-electron chi connectivity index (χ4n) is 6.31. The van der Waals surface area contributed by atoms with Crippen LogP contribution in [0.15, 0.2) is 121 Å². The molecule has 1 amide bonds. The number of imidazole rings is 1. The summed E-state index contributed by atoms with van der Waals surface area (Å²) < 4.78 is 2.28. The minimum Gasteiger partial charge on any atom is -0.384 e. The number of nitrogens with two attached hydrogens (primary N) is 2. The molecule has 5 aromatic carbocycles. The number of rotatable bonds is 15. The molecule has 1 heterocycles. The molecule has 7 nitrogen and oxygen atoms in total. The van der Waals surface area contributed by atoms with Gasteiger partial charge in [-0.1, -0.05) is 103 Å². The molecule has 0 aliphatic carbocycles. The molecule has 0 atom stereocenters. The zero-order chi connectivity index (χ0) is 34.9. The molecular weight excluding hydrogens is 640 g/mol. The largest absolute Gasteiger partial charge is 0.384 e. The summed E-state index contributed by atoms with van der Waals surface area (Å²) in [6, 6.07) is 40.3. The van der Waals surface area contributed by atoms with Crippen LogP contribution in [0.4, 0.5) is 0 Å². The number of aryl methyl sites for hydroxylation is 5. The summed E-state index contributed by atoms with van der Waals surface area (Å²) in [6.45, 7) is 2.38. The average molecular weight is 683 g/mol. The maximum absolute atomic E-state index is 14.2. The lowest BCUT2D eigenvalue weighted by atomic mass is 10.1. The number of hydrogen-bond donors (Lipinski definition) is 3. The second-order valence-electron chi connectivity index (χ2n) is 12.7. The van der Waals surface area contributed by atoms with Gasteiger partial charge in [0.2, 0.25) is 0 Å². The quantitative estimate of drug-likeness (QED) is 0.0760. The van der Waals surface area contributed by atoms with Gasteiger partial charge in [0.15, 0.2) is 0 Å². The maximum Gasteiger partial charge on any atom is 0.254 e. The molecule has 0 saturated carbocycles. The van der Waals surface area contributed by atoms with E-state index in [1.54, 1.807) is 0 Å². The van der Waals surface area contributed by atoms with E-state index in [2.05, 4.69) is 53.1 Å². The number of halogens is 1. The number of aromatic nitrogens is 2. The number of nitrogen functional groups attached to an aromatic ring is 1. The van der Waals surface area contributed by atoms with E-state index in [9.17, 15) is 4.79 Å². The van der Waals surface area contributed by atoms with Crippen LogP contribution < -0.4 is 11.5 Å². The molecule has 0 bridgehead atoms. The molecule has 254 valence electrons. The Morgan fingerprint density at radius 3 is 2.04 bits per heavy atom. The number of carbonyl (C=O) groups excluding carboxylic acids is 1. The molecule has 50 heavy (non-hydrogen) atoms. The Bertz CT molecular complexity index is 2040. The van der Waals surface area contributed by atoms with Gasteiger partial charge in [0.05, 0.1) is 11.0 Å². The molecule has 0 aliphatic rings. The third-order valence-electron chi connectivity index (χ3n) is 9.17. The number of fused-ring (bicyclic) bond motifs is 1. The van der Waals surface area contributed by atoms with Crippen molar-refractivity contribution in [3.8, 4) is 0 Å². The van der Waals surface area contributed by atoms with E-state index < -0.39 is 0 Å². The van der Waals surface area contributed by atoms with Crippen LogP contribution >= 0.6 is 11.6 Å². The maximum atomic E-state index is 14.2. The number of hydrogen-bond acceptors (Lipinski definition) is 4. The fraction of sp³-hybridized carbons (Fsp3) is 0.214. The van der Waals surface area contributed by atoms with Crippen LogP contribution in [0.2, 0.25) is 5.02 Å². The normalized spacial score (nSPS) is 11.2. The first kappa shape index (κ1) is 34.6. The Labute approximate surface area is 299 Å². The van der Waals surface area contributed by atoms with Gasteiger partial charge in [-0.05, 0) is 83.8 Å². The SMILES string of the molecule is N=C(N)c1ccc(CCc2nc3cc(C(=O)N(CCCc4ccccc4)Cc4ccc(CN)cc4)ccc3n2CCc2ccc(Cl)cc2)cc1. The van der Waals surface area contributed by atoms with Gasteiger partial charge in [0, 0.05) is 48.7 Å². The van der Waals surface area contributed by atoms with Crippen molar-refractivity contribution in [1.82, 2.24) is 14.5 Å². The summed E-state index contributed by atoms with van der Waals surface area (Å²) in [7, 11) is 0. The predicted molar refractivity (Wildman–Crippen MR) is 204 cm³/mol. The number of nitrogens with zero attached hydrogens (tertiary/aromatic N) is 3. The standard InChI is InChI=1S/C42H43ClN6O/c43-37-20-14-32(15-21-37)24-26-49-39-22-19-36(27-38(39)47-40(49)23-16-31-12-17-35(18-13-31)41(45)46)42(50)48(25-4-7-30-5-2-1-3-6-30)29-34-10-8-33(28-44)9-11-34/h1-3,5-6,8-15,17-22,27H,4,7,16,23-26,28-29,44H2,(H3,45,46). The summed E-state index contributed by atoms with van der Waals surface area (Å²) >= 11 is 6.15. The van der Waals surface area contributed by atoms with Crippen LogP contribution in [-0.2, 0) is 45.3 Å². The molecule has 0 unspecified atom stereocenters. The monoisotopic (exact) mass is 682 g/mol. The van der Waals surface area contributed by atoms with Crippen molar-refractivity contribution < 1.29 is 4.79 Å². The molecule has 6 rings (SSSR count). The molecule has 5 N–H and O–H groups in total. The van der Waals surface area contributed by atoms with E-state index in [1.807, 2.05) is 77.7 Å². The Hall–Kier alpha value is -5.24. The predicted octanol–water partition coefficient (Wildman–Crippen LogP) is 7.74. The topological polar surface area (TPSA) is 114 Å². The van der Waals surface area contributed by atoms with Crippen molar-refractivity contribution in [3.63, 3.8) is 0 Å². The third-order valence-corrected chi connectivity index (χ3v) is 9.42. The van der Waals surface area contributed by atoms with Gasteiger partial charge in [0.25, 0.3) is 5.91 Å². The molecule has 0 spiro atoms. The zero-order valence-corrected chi connectivity index (χ0v) is 28.9. The Morgan fingerprint density at radius 2 is 1.34 bits per heavy atom. The van der Waals surface area contributed by atoms with Gasteiger partial charge >= 0.3 is 0 Å². The highest BCUT2D eigenvalue weighted by Crippen LogP contribution is 2.23. The second-order valence-corrected chi connectivity index (χ2v) is 13.1. The second kappa shape index (κ2) is 16.4. The van der Waals surface area contributed by atoms with Gasteiger partial charge in [0.1, 0.15) is 11.7 Å². The molecule has 8 heteroatoms. The molecule has 0 saturated heterocycles. The van der Waals surface area contributed by atoms with Crippen molar-refractivity contribution in [2.24, 2.45) is 11.5 Å². The van der Waals surface area contributed by atoms with Crippen LogP contribution in [0.25, 0.3) is 11.0 Å². The number of carbonyl (C=O) groups is 1. The van der Waals surface area contributed by atoms with E-state index in [0.29, 0.717) is 30.8 Å². The number of benzene rings is 5. The number of amidine groups is 1.